The Labute approximate surface area is 111 Å². The number of halogens is 2. The third kappa shape index (κ3) is 1.86. The number of aromatic nitrogens is 2. The molecule has 0 spiro atoms. The van der Waals surface area contributed by atoms with Crippen molar-refractivity contribution in [3.8, 4) is 11.4 Å². The van der Waals surface area contributed by atoms with Gasteiger partial charge in [-0.3, -0.25) is 0 Å². The van der Waals surface area contributed by atoms with Crippen LogP contribution in [-0.4, -0.2) is 9.97 Å². The smallest absolute Gasteiger partial charge is 0.138 e. The first kappa shape index (κ1) is 11.2. The number of H-pyrrole nitrogens is 1. The highest BCUT2D eigenvalue weighted by Gasteiger charge is 2.07. The first-order valence-corrected chi connectivity index (χ1v) is 6.13. The van der Waals surface area contributed by atoms with Crippen LogP contribution in [-0.2, 0) is 0 Å². The van der Waals surface area contributed by atoms with E-state index in [9.17, 15) is 4.39 Å². The van der Waals surface area contributed by atoms with Crippen molar-refractivity contribution in [1.29, 1.82) is 0 Å². The number of rotatable bonds is 1. The molecule has 5 heteroatoms. The van der Waals surface area contributed by atoms with Crippen LogP contribution < -0.4 is 5.73 Å². The number of nitrogens with zero attached hydrogens (tertiary/aromatic N) is 1. The Hall–Kier alpha value is -1.88. The topological polar surface area (TPSA) is 54.7 Å². The van der Waals surface area contributed by atoms with Crippen LogP contribution in [0.15, 0.2) is 40.9 Å². The second kappa shape index (κ2) is 4.10. The van der Waals surface area contributed by atoms with E-state index in [1.165, 1.54) is 6.07 Å². The molecular weight excluding hydrogens is 297 g/mol. The van der Waals surface area contributed by atoms with Crippen molar-refractivity contribution in [2.24, 2.45) is 0 Å². The molecular formula is C13H9BrFN3. The van der Waals surface area contributed by atoms with E-state index in [1.807, 2.05) is 12.1 Å². The Morgan fingerprint density at radius 1 is 1.17 bits per heavy atom. The Morgan fingerprint density at radius 3 is 2.78 bits per heavy atom. The Balaban J connectivity index is 2.16. The molecule has 90 valence electrons. The van der Waals surface area contributed by atoms with Gasteiger partial charge in [-0.1, -0.05) is 0 Å². The number of imidazole rings is 1. The largest absolute Gasteiger partial charge is 0.399 e. The van der Waals surface area contributed by atoms with E-state index < -0.39 is 0 Å². The van der Waals surface area contributed by atoms with Crippen LogP contribution in [0, 0.1) is 5.82 Å². The molecule has 1 aromatic heterocycles. The van der Waals surface area contributed by atoms with E-state index in [0.29, 0.717) is 16.0 Å². The fraction of sp³-hybridized carbons (Fsp3) is 0. The normalized spacial score (nSPS) is 11.0. The van der Waals surface area contributed by atoms with Gasteiger partial charge in [0.05, 0.1) is 15.5 Å². The SMILES string of the molecule is Nc1ccc2nc(-c3ccc(F)c(Br)c3)[nH]c2c1. The molecule has 3 aromatic rings. The van der Waals surface area contributed by atoms with Gasteiger partial charge in [0.1, 0.15) is 11.6 Å². The molecule has 18 heavy (non-hydrogen) atoms. The number of benzene rings is 2. The van der Waals surface area contributed by atoms with Gasteiger partial charge in [0, 0.05) is 11.3 Å². The summed E-state index contributed by atoms with van der Waals surface area (Å²) in [5.74, 6) is 0.399. The summed E-state index contributed by atoms with van der Waals surface area (Å²) in [5.41, 5.74) is 8.91. The molecule has 0 atom stereocenters. The summed E-state index contributed by atoms with van der Waals surface area (Å²) in [6.45, 7) is 0. The predicted molar refractivity (Wildman–Crippen MR) is 73.6 cm³/mol. The number of anilines is 1. The summed E-state index contributed by atoms with van der Waals surface area (Å²) in [4.78, 5) is 7.61. The first-order chi connectivity index (χ1) is 8.63. The standard InChI is InChI=1S/C13H9BrFN3/c14-9-5-7(1-3-10(9)15)13-17-11-4-2-8(16)6-12(11)18-13/h1-6H,16H2,(H,17,18). The molecule has 0 unspecified atom stereocenters. The average Bonchev–Trinajstić information content (AvgIpc) is 2.75. The van der Waals surface area contributed by atoms with Gasteiger partial charge in [0.2, 0.25) is 0 Å². The van der Waals surface area contributed by atoms with Crippen LogP contribution >= 0.6 is 15.9 Å². The van der Waals surface area contributed by atoms with Crippen molar-refractivity contribution in [3.05, 3.63) is 46.7 Å². The number of hydrogen-bond donors (Lipinski definition) is 2. The number of nitrogens with two attached hydrogens (primary N) is 1. The van der Waals surface area contributed by atoms with Gasteiger partial charge in [0.15, 0.2) is 0 Å². The lowest BCUT2D eigenvalue weighted by Crippen LogP contribution is -1.83. The van der Waals surface area contributed by atoms with Gasteiger partial charge in [0.25, 0.3) is 0 Å². The molecule has 0 aliphatic rings. The van der Waals surface area contributed by atoms with Gasteiger partial charge in [-0.15, -0.1) is 0 Å². The van der Waals surface area contributed by atoms with Crippen LogP contribution in [0.3, 0.4) is 0 Å². The molecule has 0 bridgehead atoms. The highest BCUT2D eigenvalue weighted by molar-refractivity contribution is 9.10. The Kier molecular flexibility index (Phi) is 2.56. The van der Waals surface area contributed by atoms with Crippen LogP contribution in [0.5, 0.6) is 0 Å². The second-order valence-electron chi connectivity index (χ2n) is 3.99. The molecule has 0 aliphatic carbocycles. The van der Waals surface area contributed by atoms with E-state index in [4.69, 9.17) is 5.73 Å². The maximum absolute atomic E-state index is 13.2. The molecule has 0 aliphatic heterocycles. The van der Waals surface area contributed by atoms with Crippen molar-refractivity contribution in [3.63, 3.8) is 0 Å². The Morgan fingerprint density at radius 2 is 2.00 bits per heavy atom. The minimum absolute atomic E-state index is 0.292. The summed E-state index contributed by atoms with van der Waals surface area (Å²) in [6, 6.07) is 10.2. The fourth-order valence-electron chi connectivity index (χ4n) is 1.81. The summed E-state index contributed by atoms with van der Waals surface area (Å²) >= 11 is 3.16. The minimum Gasteiger partial charge on any atom is -0.399 e. The molecule has 0 amide bonds. The first-order valence-electron chi connectivity index (χ1n) is 5.34. The number of nitrogen functional groups attached to an aromatic ring is 1. The summed E-state index contributed by atoms with van der Waals surface area (Å²) in [5, 5.41) is 0. The highest BCUT2D eigenvalue weighted by atomic mass is 79.9. The molecule has 0 saturated heterocycles. The van der Waals surface area contributed by atoms with Gasteiger partial charge in [-0.2, -0.15) is 0 Å². The van der Waals surface area contributed by atoms with Crippen LogP contribution in [0.25, 0.3) is 22.4 Å². The lowest BCUT2D eigenvalue weighted by molar-refractivity contribution is 0.621. The maximum atomic E-state index is 13.2. The molecule has 0 fully saturated rings. The van der Waals surface area contributed by atoms with E-state index >= 15 is 0 Å². The fourth-order valence-corrected chi connectivity index (χ4v) is 2.19. The van der Waals surface area contributed by atoms with E-state index in [1.54, 1.807) is 18.2 Å². The zero-order valence-electron chi connectivity index (χ0n) is 9.24. The lowest BCUT2D eigenvalue weighted by atomic mass is 10.2. The van der Waals surface area contributed by atoms with Crippen molar-refractivity contribution in [2.75, 3.05) is 5.73 Å². The second-order valence-corrected chi connectivity index (χ2v) is 4.85. The van der Waals surface area contributed by atoms with Gasteiger partial charge in [-0.05, 0) is 52.3 Å². The zero-order chi connectivity index (χ0) is 12.7. The maximum Gasteiger partial charge on any atom is 0.138 e. The quantitative estimate of drug-likeness (QED) is 0.673. The van der Waals surface area contributed by atoms with Crippen LogP contribution in [0.2, 0.25) is 0 Å². The highest BCUT2D eigenvalue weighted by Crippen LogP contribution is 2.25. The molecule has 1 heterocycles. The predicted octanol–water partition coefficient (Wildman–Crippen LogP) is 3.71. The number of hydrogen-bond acceptors (Lipinski definition) is 2. The number of fused-ring (bicyclic) bond motifs is 1. The van der Waals surface area contributed by atoms with E-state index in [0.717, 1.165) is 16.6 Å². The summed E-state index contributed by atoms with van der Waals surface area (Å²) in [7, 11) is 0. The molecule has 0 radical (unpaired) electrons. The monoisotopic (exact) mass is 305 g/mol. The van der Waals surface area contributed by atoms with Crippen molar-refractivity contribution >= 4 is 32.7 Å². The number of aromatic amines is 1. The third-order valence-corrected chi connectivity index (χ3v) is 3.31. The zero-order valence-corrected chi connectivity index (χ0v) is 10.8. The summed E-state index contributed by atoms with van der Waals surface area (Å²) in [6.07, 6.45) is 0. The molecule has 3 rings (SSSR count). The van der Waals surface area contributed by atoms with Crippen molar-refractivity contribution in [2.45, 2.75) is 0 Å². The average molecular weight is 306 g/mol. The van der Waals surface area contributed by atoms with Crippen LogP contribution in [0.4, 0.5) is 10.1 Å². The molecule has 3 nitrogen and oxygen atoms in total. The van der Waals surface area contributed by atoms with E-state index in [2.05, 4.69) is 25.9 Å². The van der Waals surface area contributed by atoms with Crippen molar-refractivity contribution < 1.29 is 4.39 Å². The lowest BCUT2D eigenvalue weighted by Gasteiger charge is -1.98. The Bertz CT molecular complexity index is 736. The molecule has 2 aromatic carbocycles. The molecule has 3 N–H and O–H groups in total. The van der Waals surface area contributed by atoms with E-state index in [-0.39, 0.29) is 5.82 Å². The van der Waals surface area contributed by atoms with Gasteiger partial charge < -0.3 is 10.7 Å². The van der Waals surface area contributed by atoms with Gasteiger partial charge >= 0.3 is 0 Å². The molecule has 0 saturated carbocycles. The van der Waals surface area contributed by atoms with Crippen molar-refractivity contribution in [1.82, 2.24) is 9.97 Å². The summed E-state index contributed by atoms with van der Waals surface area (Å²) < 4.78 is 13.6. The third-order valence-electron chi connectivity index (χ3n) is 2.70. The van der Waals surface area contributed by atoms with Gasteiger partial charge in [-0.25, -0.2) is 9.37 Å². The van der Waals surface area contributed by atoms with Crippen LogP contribution in [0.1, 0.15) is 0 Å². The minimum atomic E-state index is -0.292. The number of nitrogens with one attached hydrogen (secondary N) is 1.